The summed E-state index contributed by atoms with van der Waals surface area (Å²) in [5.41, 5.74) is -0.197. The molecule has 0 atom stereocenters. The minimum Gasteiger partial charge on any atom is -0.481 e. The molecule has 0 spiro atoms. The second-order valence-corrected chi connectivity index (χ2v) is 7.78. The van der Waals surface area contributed by atoms with Crippen molar-refractivity contribution in [3.05, 3.63) is 89.4 Å². The first-order valence-electron chi connectivity index (χ1n) is 10.1. The second-order valence-electron chi connectivity index (χ2n) is 7.38. The van der Waals surface area contributed by atoms with E-state index in [1.54, 1.807) is 12.1 Å². The Morgan fingerprint density at radius 2 is 1.94 bits per heavy atom. The van der Waals surface area contributed by atoms with Crippen LogP contribution in [-0.2, 0) is 23.7 Å². The smallest absolute Gasteiger partial charge is 0.307 e. The number of nitrogens with zero attached hydrogens (tertiary/aromatic N) is 7. The number of anilines is 1. The fourth-order valence-corrected chi connectivity index (χ4v) is 3.60. The van der Waals surface area contributed by atoms with Gasteiger partial charge in [-0.05, 0) is 24.3 Å². The van der Waals surface area contributed by atoms with Crippen molar-refractivity contribution < 1.29 is 23.1 Å². The average molecular weight is 504 g/mol. The molecule has 0 aliphatic rings. The van der Waals surface area contributed by atoms with Gasteiger partial charge in [0, 0.05) is 24.2 Å². The van der Waals surface area contributed by atoms with Crippen LogP contribution >= 0.6 is 11.6 Å². The molecule has 1 N–H and O–H groups in total. The van der Waals surface area contributed by atoms with Gasteiger partial charge in [0.2, 0.25) is 0 Å². The molecule has 0 saturated carbocycles. The number of aromatic nitrogens is 6. The Morgan fingerprint density at radius 3 is 2.63 bits per heavy atom. The molecule has 0 amide bonds. The quantitative estimate of drug-likeness (QED) is 0.368. The van der Waals surface area contributed by atoms with Crippen LogP contribution < -0.4 is 4.90 Å². The van der Waals surface area contributed by atoms with Gasteiger partial charge in [0.05, 0.1) is 35.9 Å². The maximum absolute atomic E-state index is 15.4. The highest BCUT2D eigenvalue weighted by atomic mass is 35.5. The topological polar surface area (TPSA) is 110 Å². The third-order valence-corrected chi connectivity index (χ3v) is 5.30. The van der Waals surface area contributed by atoms with Crippen molar-refractivity contribution in [1.82, 2.24) is 29.7 Å². The Balaban J connectivity index is 1.80. The zero-order valence-electron chi connectivity index (χ0n) is 17.9. The predicted octanol–water partition coefficient (Wildman–Crippen LogP) is 3.67. The van der Waals surface area contributed by atoms with E-state index in [-0.39, 0.29) is 22.8 Å². The first kappa shape index (κ1) is 24.1. The molecule has 0 fully saturated rings. The van der Waals surface area contributed by atoms with Gasteiger partial charge in [0.1, 0.15) is 18.3 Å². The van der Waals surface area contributed by atoms with Gasteiger partial charge in [-0.3, -0.25) is 14.8 Å². The summed E-state index contributed by atoms with van der Waals surface area (Å²) in [6, 6.07) is 7.33. The maximum Gasteiger partial charge on any atom is 0.307 e. The van der Waals surface area contributed by atoms with Crippen molar-refractivity contribution in [2.45, 2.75) is 18.9 Å². The average Bonchev–Trinajstić information content (AvgIpc) is 3.37. The Kier molecular flexibility index (Phi) is 6.92. The van der Waals surface area contributed by atoms with Crippen molar-refractivity contribution in [2.24, 2.45) is 0 Å². The van der Waals surface area contributed by atoms with Gasteiger partial charge in [-0.25, -0.2) is 19.0 Å². The van der Waals surface area contributed by atoms with Gasteiger partial charge < -0.3 is 10.0 Å². The van der Waals surface area contributed by atoms with Gasteiger partial charge in [0.25, 0.3) is 0 Å². The van der Waals surface area contributed by atoms with E-state index in [1.807, 2.05) is 0 Å². The summed E-state index contributed by atoms with van der Waals surface area (Å²) in [5.74, 6) is -6.48. The fourth-order valence-electron chi connectivity index (χ4n) is 3.40. The molecular formula is C22H17ClF3N7O2. The number of hydrogen-bond donors (Lipinski definition) is 1. The highest BCUT2D eigenvalue weighted by Crippen LogP contribution is 2.33. The largest absolute Gasteiger partial charge is 0.481 e. The van der Waals surface area contributed by atoms with Crippen LogP contribution in [0.1, 0.15) is 17.0 Å². The lowest BCUT2D eigenvalue weighted by Crippen LogP contribution is -2.37. The third kappa shape index (κ3) is 5.38. The predicted molar refractivity (Wildman–Crippen MR) is 119 cm³/mol. The van der Waals surface area contributed by atoms with Crippen LogP contribution in [0.5, 0.6) is 0 Å². The molecule has 0 aromatic carbocycles. The summed E-state index contributed by atoms with van der Waals surface area (Å²) in [6.07, 6.45) is 5.65. The van der Waals surface area contributed by atoms with E-state index in [0.29, 0.717) is 5.69 Å². The molecule has 0 radical (unpaired) electrons. The molecule has 0 unspecified atom stereocenters. The van der Waals surface area contributed by atoms with Crippen molar-refractivity contribution in [2.75, 3.05) is 11.4 Å². The highest BCUT2D eigenvalue weighted by Gasteiger charge is 2.37. The summed E-state index contributed by atoms with van der Waals surface area (Å²) < 4.78 is 47.4. The maximum atomic E-state index is 15.4. The standard InChI is InChI=1S/C22H17ClF3N7O2/c23-15-9-30-21(20(24)14(15)8-19(34)35)32(11-22(25,26)18-5-1-2-6-29-18)10-16-17(4-3-7-28-16)33-13-27-12-31-33/h1-7,9,12-13H,8,10-11H2,(H,34,35). The first-order chi connectivity index (χ1) is 16.8. The van der Waals surface area contributed by atoms with Crippen molar-refractivity contribution in [3.8, 4) is 5.69 Å². The summed E-state index contributed by atoms with van der Waals surface area (Å²) in [5, 5.41) is 13.0. The van der Waals surface area contributed by atoms with E-state index in [9.17, 15) is 4.79 Å². The lowest BCUT2D eigenvalue weighted by atomic mass is 10.1. The van der Waals surface area contributed by atoms with E-state index in [0.717, 1.165) is 17.2 Å². The molecule has 9 nitrogen and oxygen atoms in total. The van der Waals surface area contributed by atoms with E-state index in [2.05, 4.69) is 25.0 Å². The summed E-state index contributed by atoms with van der Waals surface area (Å²) in [7, 11) is 0. The highest BCUT2D eigenvalue weighted by molar-refractivity contribution is 6.31. The number of rotatable bonds is 9. The lowest BCUT2D eigenvalue weighted by molar-refractivity contribution is -0.136. The number of aliphatic carboxylic acids is 1. The van der Waals surface area contributed by atoms with Gasteiger partial charge in [-0.2, -0.15) is 13.9 Å². The number of hydrogen-bond acceptors (Lipinski definition) is 7. The van der Waals surface area contributed by atoms with E-state index in [4.69, 9.17) is 16.7 Å². The molecule has 4 aromatic heterocycles. The van der Waals surface area contributed by atoms with Crippen LogP contribution in [-0.4, -0.2) is 47.3 Å². The molecule has 13 heteroatoms. The van der Waals surface area contributed by atoms with Gasteiger partial charge >= 0.3 is 11.9 Å². The number of carbonyl (C=O) groups is 1. The summed E-state index contributed by atoms with van der Waals surface area (Å²) in [6.45, 7) is -1.36. The number of alkyl halides is 2. The van der Waals surface area contributed by atoms with Crippen LogP contribution in [0.15, 0.2) is 61.6 Å². The Hall–Kier alpha value is -4.06. The molecule has 4 aromatic rings. The molecule has 35 heavy (non-hydrogen) atoms. The Bertz CT molecular complexity index is 1320. The van der Waals surface area contributed by atoms with Crippen molar-refractivity contribution in [1.29, 1.82) is 0 Å². The third-order valence-electron chi connectivity index (χ3n) is 4.98. The van der Waals surface area contributed by atoms with Crippen LogP contribution in [0.4, 0.5) is 19.0 Å². The number of halogens is 4. The van der Waals surface area contributed by atoms with Crippen LogP contribution in [0.3, 0.4) is 0 Å². The lowest BCUT2D eigenvalue weighted by Gasteiger charge is -2.29. The summed E-state index contributed by atoms with van der Waals surface area (Å²) in [4.78, 5) is 28.0. The molecule has 180 valence electrons. The molecule has 0 saturated heterocycles. The van der Waals surface area contributed by atoms with Crippen LogP contribution in [0.25, 0.3) is 5.69 Å². The molecule has 4 rings (SSSR count). The molecular weight excluding hydrogens is 487 g/mol. The number of carboxylic acid groups (broad SMARTS) is 1. The zero-order chi connectivity index (χ0) is 25.0. The fraction of sp³-hybridized carbons (Fsp3) is 0.182. The molecule has 0 bridgehead atoms. The van der Waals surface area contributed by atoms with Crippen LogP contribution in [0.2, 0.25) is 5.02 Å². The van der Waals surface area contributed by atoms with Crippen molar-refractivity contribution >= 4 is 23.4 Å². The second kappa shape index (κ2) is 10.1. The normalized spacial score (nSPS) is 11.4. The minimum absolute atomic E-state index is 0.230. The zero-order valence-corrected chi connectivity index (χ0v) is 18.6. The van der Waals surface area contributed by atoms with E-state index in [1.165, 1.54) is 41.9 Å². The molecule has 0 aliphatic carbocycles. The first-order valence-corrected chi connectivity index (χ1v) is 10.5. The number of carboxylic acids is 1. The molecule has 0 aliphatic heterocycles. The Morgan fingerprint density at radius 1 is 1.14 bits per heavy atom. The van der Waals surface area contributed by atoms with E-state index < -0.39 is 42.2 Å². The monoisotopic (exact) mass is 503 g/mol. The van der Waals surface area contributed by atoms with E-state index >= 15 is 13.2 Å². The number of pyridine rings is 3. The van der Waals surface area contributed by atoms with Crippen LogP contribution in [0, 0.1) is 5.82 Å². The SMILES string of the molecule is O=C(O)Cc1c(Cl)cnc(N(Cc2ncccc2-n2cncn2)CC(F)(F)c2ccccn2)c1F. The molecule has 4 heterocycles. The minimum atomic E-state index is -3.52. The van der Waals surface area contributed by atoms with Gasteiger partial charge in [0.15, 0.2) is 11.6 Å². The van der Waals surface area contributed by atoms with Crippen molar-refractivity contribution in [3.63, 3.8) is 0 Å². The summed E-state index contributed by atoms with van der Waals surface area (Å²) >= 11 is 5.96. The van der Waals surface area contributed by atoms with Gasteiger partial charge in [-0.15, -0.1) is 0 Å². The Labute approximate surface area is 201 Å². The van der Waals surface area contributed by atoms with Gasteiger partial charge in [-0.1, -0.05) is 17.7 Å².